The molecule has 0 aliphatic heterocycles. The fourth-order valence-electron chi connectivity index (χ4n) is 1.77. The summed E-state index contributed by atoms with van der Waals surface area (Å²) in [5.41, 5.74) is 1.93. The van der Waals surface area contributed by atoms with Gasteiger partial charge in [0.25, 0.3) is 0 Å². The standard InChI is InChI=1S/C14H10Br2N4/c15-10-1-5-12(6-2-10)18-14-9-17-19-20(14)13-7-3-11(16)4-8-13/h1-9,18H. The van der Waals surface area contributed by atoms with E-state index in [0.29, 0.717) is 0 Å². The van der Waals surface area contributed by atoms with E-state index in [0.717, 1.165) is 26.1 Å². The first-order chi connectivity index (χ1) is 9.72. The van der Waals surface area contributed by atoms with Crippen LogP contribution in [0.5, 0.6) is 0 Å². The van der Waals surface area contributed by atoms with E-state index in [4.69, 9.17) is 0 Å². The zero-order valence-electron chi connectivity index (χ0n) is 10.3. The SMILES string of the molecule is Brc1ccc(Nc2cnnn2-c2ccc(Br)cc2)cc1. The molecule has 0 atom stereocenters. The van der Waals surface area contributed by atoms with Crippen molar-refractivity contribution in [2.45, 2.75) is 0 Å². The average Bonchev–Trinajstić information content (AvgIpc) is 2.90. The summed E-state index contributed by atoms with van der Waals surface area (Å²) in [6.07, 6.45) is 1.70. The van der Waals surface area contributed by atoms with Crippen molar-refractivity contribution in [1.82, 2.24) is 15.0 Å². The second-order valence-electron chi connectivity index (χ2n) is 4.14. The van der Waals surface area contributed by atoms with E-state index in [9.17, 15) is 0 Å². The fourth-order valence-corrected chi connectivity index (χ4v) is 2.30. The van der Waals surface area contributed by atoms with Crippen LogP contribution < -0.4 is 5.32 Å². The summed E-state index contributed by atoms with van der Waals surface area (Å²) in [4.78, 5) is 0. The zero-order valence-corrected chi connectivity index (χ0v) is 13.5. The van der Waals surface area contributed by atoms with Crippen molar-refractivity contribution in [2.75, 3.05) is 5.32 Å². The van der Waals surface area contributed by atoms with E-state index in [-0.39, 0.29) is 0 Å². The number of hydrogen-bond acceptors (Lipinski definition) is 3. The molecule has 0 radical (unpaired) electrons. The number of benzene rings is 2. The second-order valence-corrected chi connectivity index (χ2v) is 5.97. The number of nitrogens with one attached hydrogen (secondary N) is 1. The normalized spacial score (nSPS) is 10.5. The van der Waals surface area contributed by atoms with E-state index in [1.165, 1.54) is 0 Å². The van der Waals surface area contributed by atoms with E-state index in [1.54, 1.807) is 10.9 Å². The number of hydrogen-bond donors (Lipinski definition) is 1. The third-order valence-electron chi connectivity index (χ3n) is 2.74. The lowest BCUT2D eigenvalue weighted by Gasteiger charge is -2.08. The van der Waals surface area contributed by atoms with Crippen LogP contribution in [-0.4, -0.2) is 15.0 Å². The molecular weight excluding hydrogens is 384 g/mol. The van der Waals surface area contributed by atoms with Crippen LogP contribution in [0, 0.1) is 0 Å². The molecule has 0 bridgehead atoms. The van der Waals surface area contributed by atoms with Crippen LogP contribution in [0.25, 0.3) is 5.69 Å². The lowest BCUT2D eigenvalue weighted by molar-refractivity contribution is 0.808. The summed E-state index contributed by atoms with van der Waals surface area (Å²) in [6.45, 7) is 0. The van der Waals surface area contributed by atoms with Gasteiger partial charge in [0.2, 0.25) is 0 Å². The molecule has 100 valence electrons. The first-order valence-corrected chi connectivity index (χ1v) is 7.50. The van der Waals surface area contributed by atoms with Gasteiger partial charge < -0.3 is 5.32 Å². The van der Waals surface area contributed by atoms with E-state index in [1.807, 2.05) is 48.5 Å². The minimum absolute atomic E-state index is 0.814. The Morgan fingerprint density at radius 1 is 0.850 bits per heavy atom. The molecule has 20 heavy (non-hydrogen) atoms. The molecule has 1 N–H and O–H groups in total. The average molecular weight is 394 g/mol. The van der Waals surface area contributed by atoms with Crippen LogP contribution in [0.2, 0.25) is 0 Å². The third kappa shape index (κ3) is 2.91. The van der Waals surface area contributed by atoms with Crippen LogP contribution in [0.3, 0.4) is 0 Å². The number of rotatable bonds is 3. The predicted octanol–water partition coefficient (Wildman–Crippen LogP) is 4.54. The quantitative estimate of drug-likeness (QED) is 0.710. The maximum Gasteiger partial charge on any atom is 0.154 e. The molecule has 1 heterocycles. The first-order valence-electron chi connectivity index (χ1n) is 5.91. The Morgan fingerprint density at radius 2 is 1.45 bits per heavy atom. The topological polar surface area (TPSA) is 42.7 Å². The molecule has 6 heteroatoms. The largest absolute Gasteiger partial charge is 0.339 e. The van der Waals surface area contributed by atoms with Gasteiger partial charge in [-0.05, 0) is 48.5 Å². The fraction of sp³-hybridized carbons (Fsp3) is 0. The molecule has 0 saturated carbocycles. The van der Waals surface area contributed by atoms with Gasteiger partial charge in [-0.1, -0.05) is 37.1 Å². The maximum absolute atomic E-state index is 4.11. The first kappa shape index (κ1) is 13.3. The van der Waals surface area contributed by atoms with Crippen LogP contribution >= 0.6 is 31.9 Å². The smallest absolute Gasteiger partial charge is 0.154 e. The molecule has 4 nitrogen and oxygen atoms in total. The van der Waals surface area contributed by atoms with Gasteiger partial charge >= 0.3 is 0 Å². The molecule has 3 aromatic rings. The highest BCUT2D eigenvalue weighted by Crippen LogP contribution is 2.21. The van der Waals surface area contributed by atoms with Crippen molar-refractivity contribution in [1.29, 1.82) is 0 Å². The minimum Gasteiger partial charge on any atom is -0.339 e. The van der Waals surface area contributed by atoms with Gasteiger partial charge in [-0.2, -0.15) is 4.68 Å². The summed E-state index contributed by atoms with van der Waals surface area (Å²) in [5.74, 6) is 0.814. The van der Waals surface area contributed by atoms with Crippen molar-refractivity contribution in [3.63, 3.8) is 0 Å². The number of anilines is 2. The molecule has 0 fully saturated rings. The Hall–Kier alpha value is -1.66. The highest BCUT2D eigenvalue weighted by Gasteiger charge is 2.06. The summed E-state index contributed by atoms with van der Waals surface area (Å²) >= 11 is 6.84. The molecule has 0 aliphatic rings. The van der Waals surface area contributed by atoms with E-state index >= 15 is 0 Å². The Balaban J connectivity index is 1.90. The summed E-state index contributed by atoms with van der Waals surface area (Å²) in [6, 6.07) is 15.8. The van der Waals surface area contributed by atoms with Gasteiger partial charge in [0.15, 0.2) is 5.82 Å². The van der Waals surface area contributed by atoms with Crippen LogP contribution in [-0.2, 0) is 0 Å². The van der Waals surface area contributed by atoms with Gasteiger partial charge in [0.1, 0.15) is 0 Å². The number of halogens is 2. The molecule has 0 spiro atoms. The predicted molar refractivity (Wildman–Crippen MR) is 86.5 cm³/mol. The summed E-state index contributed by atoms with van der Waals surface area (Å²) < 4.78 is 3.83. The Labute approximate surface area is 133 Å². The molecule has 2 aromatic carbocycles. The molecule has 3 rings (SSSR count). The van der Waals surface area contributed by atoms with Gasteiger partial charge in [-0.25, -0.2) is 0 Å². The van der Waals surface area contributed by atoms with Crippen LogP contribution in [0.1, 0.15) is 0 Å². The number of aromatic nitrogens is 3. The van der Waals surface area contributed by atoms with Crippen molar-refractivity contribution >= 4 is 43.4 Å². The summed E-state index contributed by atoms with van der Waals surface area (Å²) in [5, 5.41) is 11.4. The molecule has 0 aliphatic carbocycles. The van der Waals surface area contributed by atoms with Gasteiger partial charge in [-0.3, -0.25) is 0 Å². The minimum atomic E-state index is 0.814. The second kappa shape index (κ2) is 5.76. The highest BCUT2D eigenvalue weighted by molar-refractivity contribution is 9.10. The molecule has 1 aromatic heterocycles. The zero-order chi connectivity index (χ0) is 13.9. The van der Waals surface area contributed by atoms with E-state index in [2.05, 4.69) is 47.5 Å². The Kier molecular flexibility index (Phi) is 3.84. The van der Waals surface area contributed by atoms with Gasteiger partial charge in [0.05, 0.1) is 11.9 Å². The lowest BCUT2D eigenvalue weighted by atomic mass is 10.3. The molecule has 0 unspecified atom stereocenters. The van der Waals surface area contributed by atoms with Crippen LogP contribution in [0.15, 0.2) is 63.7 Å². The lowest BCUT2D eigenvalue weighted by Crippen LogP contribution is -2.02. The van der Waals surface area contributed by atoms with Crippen molar-refractivity contribution < 1.29 is 0 Å². The monoisotopic (exact) mass is 392 g/mol. The Bertz CT molecular complexity index is 705. The molecule has 0 amide bonds. The third-order valence-corrected chi connectivity index (χ3v) is 3.79. The van der Waals surface area contributed by atoms with Crippen molar-refractivity contribution in [2.24, 2.45) is 0 Å². The molecule has 0 saturated heterocycles. The highest BCUT2D eigenvalue weighted by atomic mass is 79.9. The van der Waals surface area contributed by atoms with Crippen LogP contribution in [0.4, 0.5) is 11.5 Å². The van der Waals surface area contributed by atoms with Gasteiger partial charge in [0, 0.05) is 14.6 Å². The molecular formula is C14H10Br2N4. The van der Waals surface area contributed by atoms with E-state index < -0.39 is 0 Å². The summed E-state index contributed by atoms with van der Waals surface area (Å²) in [7, 11) is 0. The van der Waals surface area contributed by atoms with Crippen molar-refractivity contribution in [3.05, 3.63) is 63.7 Å². The Morgan fingerprint density at radius 3 is 2.10 bits per heavy atom. The maximum atomic E-state index is 4.11. The van der Waals surface area contributed by atoms with Crippen molar-refractivity contribution in [3.8, 4) is 5.69 Å². The van der Waals surface area contributed by atoms with Gasteiger partial charge in [-0.15, -0.1) is 5.10 Å². The number of nitrogens with zero attached hydrogens (tertiary/aromatic N) is 3.